The van der Waals surface area contributed by atoms with Crippen molar-refractivity contribution in [1.29, 1.82) is 0 Å². The van der Waals surface area contributed by atoms with Crippen molar-refractivity contribution in [3.8, 4) is 0 Å². The molecule has 2 unspecified atom stereocenters. The molecule has 2 aliphatic rings. The highest BCUT2D eigenvalue weighted by atomic mass is 19.1. The Morgan fingerprint density at radius 2 is 1.66 bits per heavy atom. The Hall–Kier alpha value is -2.93. The molecule has 0 N–H and O–H groups in total. The first-order valence-corrected chi connectivity index (χ1v) is 14.4. The van der Waals surface area contributed by atoms with Crippen molar-refractivity contribution in [3.63, 3.8) is 0 Å². The van der Waals surface area contributed by atoms with Crippen molar-refractivity contribution < 1.29 is 14.0 Å². The molecule has 0 saturated carbocycles. The van der Waals surface area contributed by atoms with Crippen molar-refractivity contribution in [2.24, 2.45) is 0 Å². The van der Waals surface area contributed by atoms with Gasteiger partial charge in [0.25, 0.3) is 0 Å². The summed E-state index contributed by atoms with van der Waals surface area (Å²) in [4.78, 5) is 34.6. The number of rotatable bonds is 9. The van der Waals surface area contributed by atoms with Gasteiger partial charge >= 0.3 is 0 Å². The van der Waals surface area contributed by atoms with E-state index in [4.69, 9.17) is 0 Å². The van der Waals surface area contributed by atoms with Gasteiger partial charge in [-0.2, -0.15) is 0 Å². The number of amides is 2. The highest BCUT2D eigenvalue weighted by Gasteiger charge is 2.33. The molecule has 6 nitrogen and oxygen atoms in total. The van der Waals surface area contributed by atoms with Crippen LogP contribution in [-0.2, 0) is 16.0 Å². The van der Waals surface area contributed by atoms with E-state index in [0.29, 0.717) is 51.0 Å². The molecule has 38 heavy (non-hydrogen) atoms. The Kier molecular flexibility index (Phi) is 9.78. The molecule has 206 valence electrons. The predicted octanol–water partition coefficient (Wildman–Crippen LogP) is 4.89. The van der Waals surface area contributed by atoms with E-state index in [2.05, 4.69) is 16.7 Å². The molecule has 2 fully saturated rings. The smallest absolute Gasteiger partial charge is 0.244 e. The molecular formula is C31H43FN4O2. The largest absolute Gasteiger partial charge is 0.367 e. The summed E-state index contributed by atoms with van der Waals surface area (Å²) in [7, 11) is 0. The summed E-state index contributed by atoms with van der Waals surface area (Å²) in [6.07, 6.45) is 4.50. The van der Waals surface area contributed by atoms with Gasteiger partial charge in [0.05, 0.1) is 12.1 Å². The number of hydrogen-bond donors (Lipinski definition) is 0. The molecule has 0 aromatic heterocycles. The van der Waals surface area contributed by atoms with Crippen LogP contribution in [0.25, 0.3) is 0 Å². The van der Waals surface area contributed by atoms with Crippen LogP contribution >= 0.6 is 0 Å². The van der Waals surface area contributed by atoms with Gasteiger partial charge in [-0.3, -0.25) is 14.5 Å². The molecule has 2 heterocycles. The Labute approximate surface area is 227 Å². The van der Waals surface area contributed by atoms with Crippen molar-refractivity contribution in [1.82, 2.24) is 14.7 Å². The summed E-state index contributed by atoms with van der Waals surface area (Å²) in [5.74, 6) is -0.0655. The summed E-state index contributed by atoms with van der Waals surface area (Å²) in [6.45, 7) is 10.9. The molecule has 0 bridgehead atoms. The highest BCUT2D eigenvalue weighted by Crippen LogP contribution is 2.28. The Bertz CT molecular complexity index is 1070. The van der Waals surface area contributed by atoms with Crippen molar-refractivity contribution in [2.45, 2.75) is 65.0 Å². The van der Waals surface area contributed by atoms with Crippen molar-refractivity contribution in [3.05, 3.63) is 65.5 Å². The third-order valence-electron chi connectivity index (χ3n) is 8.23. The third kappa shape index (κ3) is 6.37. The summed E-state index contributed by atoms with van der Waals surface area (Å²) >= 11 is 0. The van der Waals surface area contributed by atoms with Crippen LogP contribution in [0.4, 0.5) is 10.1 Å². The normalized spacial score (nSPS) is 19.3. The standard InChI is InChI=1S/C31H43FN4O2/c1-4-26-14-10-11-17-36(26)29(37)23-24-15-16-28(27(32)22-24)34-18-20-35(21-19-34)30(25-12-8-7-9-13-25)31(38)33(5-2)6-3/h7-9,12-13,15-16,22,26,30H,4-6,10-11,14,17-21,23H2,1-3H3. The lowest BCUT2D eigenvalue weighted by molar-refractivity contribution is -0.137. The molecule has 2 atom stereocenters. The number of halogens is 1. The Morgan fingerprint density at radius 3 is 2.29 bits per heavy atom. The van der Waals surface area contributed by atoms with Gasteiger partial charge in [-0.25, -0.2) is 4.39 Å². The number of piperidine rings is 1. The minimum Gasteiger partial charge on any atom is -0.367 e. The first-order valence-electron chi connectivity index (χ1n) is 14.4. The molecule has 2 aromatic rings. The molecule has 7 heteroatoms. The van der Waals surface area contributed by atoms with Gasteiger partial charge in [0.1, 0.15) is 11.9 Å². The topological polar surface area (TPSA) is 47.1 Å². The lowest BCUT2D eigenvalue weighted by Gasteiger charge is -2.41. The number of anilines is 1. The molecule has 4 rings (SSSR count). The van der Waals surface area contributed by atoms with Gasteiger partial charge in [-0.1, -0.05) is 43.3 Å². The van der Waals surface area contributed by atoms with E-state index >= 15 is 4.39 Å². The van der Waals surface area contributed by atoms with E-state index in [1.54, 1.807) is 0 Å². The molecule has 2 aliphatic heterocycles. The fourth-order valence-electron chi connectivity index (χ4n) is 6.02. The summed E-state index contributed by atoms with van der Waals surface area (Å²) < 4.78 is 15.3. The molecule has 0 spiro atoms. The van der Waals surface area contributed by atoms with Gasteiger partial charge in [-0.05, 0) is 62.8 Å². The fraction of sp³-hybridized carbons (Fsp3) is 0.548. The average Bonchev–Trinajstić information content (AvgIpc) is 2.95. The van der Waals surface area contributed by atoms with Gasteiger partial charge < -0.3 is 14.7 Å². The number of hydrogen-bond acceptors (Lipinski definition) is 4. The third-order valence-corrected chi connectivity index (χ3v) is 8.23. The summed E-state index contributed by atoms with van der Waals surface area (Å²) in [6, 6.07) is 15.2. The minimum atomic E-state index is -0.335. The molecule has 2 saturated heterocycles. The zero-order chi connectivity index (χ0) is 27.1. The second-order valence-electron chi connectivity index (χ2n) is 10.5. The number of piperazine rings is 1. The SMILES string of the molecule is CCC1CCCCN1C(=O)Cc1ccc(N2CCN(C(C(=O)N(CC)CC)c3ccccc3)CC2)c(F)c1. The van der Waals surface area contributed by atoms with Crippen LogP contribution in [0.2, 0.25) is 0 Å². The van der Waals surface area contributed by atoms with Gasteiger partial charge in [-0.15, -0.1) is 0 Å². The maximum atomic E-state index is 15.3. The van der Waals surface area contributed by atoms with Crippen LogP contribution in [0.5, 0.6) is 0 Å². The molecule has 2 amide bonds. The minimum absolute atomic E-state index is 0.0992. The zero-order valence-electron chi connectivity index (χ0n) is 23.2. The second kappa shape index (κ2) is 13.2. The van der Waals surface area contributed by atoms with Crippen LogP contribution in [0.1, 0.15) is 63.6 Å². The molecule has 0 radical (unpaired) electrons. The molecule has 2 aromatic carbocycles. The molecular weight excluding hydrogens is 479 g/mol. The second-order valence-corrected chi connectivity index (χ2v) is 10.5. The quantitative estimate of drug-likeness (QED) is 0.471. The van der Waals surface area contributed by atoms with E-state index < -0.39 is 0 Å². The highest BCUT2D eigenvalue weighted by molar-refractivity contribution is 5.83. The predicted molar refractivity (Wildman–Crippen MR) is 151 cm³/mol. The van der Waals surface area contributed by atoms with E-state index in [-0.39, 0.29) is 30.1 Å². The Morgan fingerprint density at radius 1 is 0.947 bits per heavy atom. The van der Waals surface area contributed by atoms with Gasteiger partial charge in [0.2, 0.25) is 11.8 Å². The fourth-order valence-corrected chi connectivity index (χ4v) is 6.02. The summed E-state index contributed by atoms with van der Waals surface area (Å²) in [5, 5.41) is 0. The van der Waals surface area contributed by atoms with Crippen LogP contribution in [0.3, 0.4) is 0 Å². The number of carbonyl (C=O) groups is 2. The van der Waals surface area contributed by atoms with Crippen molar-refractivity contribution >= 4 is 17.5 Å². The first-order chi connectivity index (χ1) is 18.5. The van der Waals surface area contributed by atoms with Crippen molar-refractivity contribution in [2.75, 3.05) is 50.7 Å². The number of likely N-dealkylation sites (N-methyl/N-ethyl adjacent to an activating group) is 1. The van der Waals surface area contributed by atoms with Crippen LogP contribution in [0, 0.1) is 5.82 Å². The lowest BCUT2D eigenvalue weighted by Crippen LogP contribution is -2.52. The van der Waals surface area contributed by atoms with Crippen LogP contribution < -0.4 is 4.90 Å². The molecule has 0 aliphatic carbocycles. The van der Waals surface area contributed by atoms with Gasteiger partial charge in [0.15, 0.2) is 0 Å². The number of benzene rings is 2. The maximum Gasteiger partial charge on any atom is 0.244 e. The average molecular weight is 523 g/mol. The van der Waals surface area contributed by atoms with E-state index in [1.807, 2.05) is 66.1 Å². The van der Waals surface area contributed by atoms with E-state index in [9.17, 15) is 9.59 Å². The van der Waals surface area contributed by atoms with Crippen LogP contribution in [-0.4, -0.2) is 78.4 Å². The van der Waals surface area contributed by atoms with E-state index in [0.717, 1.165) is 36.9 Å². The summed E-state index contributed by atoms with van der Waals surface area (Å²) in [5.41, 5.74) is 2.29. The number of carbonyl (C=O) groups excluding carboxylic acids is 2. The number of nitrogens with zero attached hydrogens (tertiary/aromatic N) is 4. The number of likely N-dealkylation sites (tertiary alicyclic amines) is 1. The van der Waals surface area contributed by atoms with E-state index in [1.165, 1.54) is 12.5 Å². The first kappa shape index (κ1) is 28.1. The monoisotopic (exact) mass is 522 g/mol. The van der Waals surface area contributed by atoms with Gasteiger partial charge in [0, 0.05) is 51.9 Å². The maximum absolute atomic E-state index is 15.3. The van der Waals surface area contributed by atoms with Crippen LogP contribution in [0.15, 0.2) is 48.5 Å². The Balaban J connectivity index is 1.42. The lowest BCUT2D eigenvalue weighted by atomic mass is 9.99. The zero-order valence-corrected chi connectivity index (χ0v) is 23.2.